The molecule has 7 nitrogen and oxygen atoms in total. The second-order valence-corrected chi connectivity index (χ2v) is 9.88. The van der Waals surface area contributed by atoms with Gasteiger partial charge in [0.15, 0.2) is 22.5 Å². The zero-order chi connectivity index (χ0) is 25.2. The molecule has 35 heavy (non-hydrogen) atoms. The standard InChI is InChI=1S/C27H29ClO7/c1-27(2,3)35-26(30)16-13-17(14-16)32-11-12-33-22-10-6-8-19(25(22)31-4)23-15-21(29)18-7-5-9-20(28)24(18)34-23/h5-10,15-17H,11-14H2,1-4H3. The Bertz CT molecular complexity index is 1270. The molecule has 1 aromatic heterocycles. The van der Waals surface area contributed by atoms with Crippen LogP contribution in [0.1, 0.15) is 33.6 Å². The maximum Gasteiger partial charge on any atom is 0.309 e. The Morgan fingerprint density at radius 3 is 2.57 bits per heavy atom. The fourth-order valence-electron chi connectivity index (χ4n) is 3.96. The molecule has 0 atom stereocenters. The van der Waals surface area contributed by atoms with Crippen LogP contribution in [-0.4, -0.2) is 38.0 Å². The van der Waals surface area contributed by atoms with Gasteiger partial charge in [0.25, 0.3) is 0 Å². The molecule has 0 radical (unpaired) electrons. The Balaban J connectivity index is 1.38. The number of carbonyl (C=O) groups excluding carboxylic acids is 1. The summed E-state index contributed by atoms with van der Waals surface area (Å²) in [5, 5.41) is 0.768. The van der Waals surface area contributed by atoms with Crippen molar-refractivity contribution < 1.29 is 28.2 Å². The van der Waals surface area contributed by atoms with Crippen molar-refractivity contribution in [2.24, 2.45) is 5.92 Å². The zero-order valence-corrected chi connectivity index (χ0v) is 21.0. The van der Waals surface area contributed by atoms with Crippen molar-refractivity contribution in [1.29, 1.82) is 0 Å². The maximum atomic E-state index is 12.6. The van der Waals surface area contributed by atoms with Gasteiger partial charge in [0.05, 0.1) is 41.7 Å². The number of para-hydroxylation sites is 2. The molecule has 0 spiro atoms. The molecule has 3 aromatic rings. The molecule has 0 unspecified atom stereocenters. The van der Waals surface area contributed by atoms with Gasteiger partial charge in [-0.05, 0) is 57.9 Å². The van der Waals surface area contributed by atoms with E-state index in [-0.39, 0.29) is 23.4 Å². The Hall–Kier alpha value is -3.03. The lowest BCUT2D eigenvalue weighted by Crippen LogP contribution is -2.40. The zero-order valence-electron chi connectivity index (χ0n) is 20.3. The van der Waals surface area contributed by atoms with Crippen LogP contribution in [0.2, 0.25) is 5.02 Å². The highest BCUT2D eigenvalue weighted by Gasteiger charge is 2.37. The lowest BCUT2D eigenvalue weighted by molar-refractivity contribution is -0.169. The van der Waals surface area contributed by atoms with E-state index in [0.717, 1.165) is 0 Å². The van der Waals surface area contributed by atoms with Gasteiger partial charge in [-0.2, -0.15) is 0 Å². The lowest BCUT2D eigenvalue weighted by Gasteiger charge is -2.35. The SMILES string of the molecule is COc1c(OCCOC2CC(C(=O)OC(C)(C)C)C2)cccc1-c1cc(=O)c2cccc(Cl)c2o1. The fraction of sp³-hybridized carbons (Fsp3) is 0.407. The highest BCUT2D eigenvalue weighted by molar-refractivity contribution is 6.34. The summed E-state index contributed by atoms with van der Waals surface area (Å²) in [6.45, 7) is 6.24. The van der Waals surface area contributed by atoms with Crippen LogP contribution in [-0.2, 0) is 14.3 Å². The van der Waals surface area contributed by atoms with Crippen molar-refractivity contribution in [3.05, 3.63) is 57.7 Å². The number of carbonyl (C=O) groups is 1. The maximum absolute atomic E-state index is 12.6. The van der Waals surface area contributed by atoms with Crippen molar-refractivity contribution in [3.8, 4) is 22.8 Å². The Morgan fingerprint density at radius 2 is 1.86 bits per heavy atom. The summed E-state index contributed by atoms with van der Waals surface area (Å²) in [5.41, 5.74) is 0.218. The Labute approximate surface area is 208 Å². The summed E-state index contributed by atoms with van der Waals surface area (Å²) in [4.78, 5) is 24.7. The van der Waals surface area contributed by atoms with Crippen molar-refractivity contribution in [2.45, 2.75) is 45.3 Å². The van der Waals surface area contributed by atoms with Gasteiger partial charge in [-0.25, -0.2) is 0 Å². The van der Waals surface area contributed by atoms with Crippen molar-refractivity contribution in [1.82, 2.24) is 0 Å². The van der Waals surface area contributed by atoms with E-state index in [2.05, 4.69) is 0 Å². The van der Waals surface area contributed by atoms with Gasteiger partial charge in [0.1, 0.15) is 18.0 Å². The van der Waals surface area contributed by atoms with Crippen molar-refractivity contribution in [2.75, 3.05) is 20.3 Å². The van der Waals surface area contributed by atoms with Gasteiger partial charge < -0.3 is 23.4 Å². The molecule has 186 valence electrons. The molecule has 1 saturated carbocycles. The number of rotatable bonds is 8. The predicted molar refractivity (Wildman–Crippen MR) is 133 cm³/mol. The number of methoxy groups -OCH3 is 1. The van der Waals surface area contributed by atoms with E-state index < -0.39 is 5.60 Å². The number of halogens is 1. The van der Waals surface area contributed by atoms with Crippen molar-refractivity contribution >= 4 is 28.5 Å². The Morgan fingerprint density at radius 1 is 1.11 bits per heavy atom. The first-order valence-electron chi connectivity index (χ1n) is 11.5. The molecule has 1 fully saturated rings. The monoisotopic (exact) mass is 500 g/mol. The van der Waals surface area contributed by atoms with Crippen LogP contribution in [0, 0.1) is 5.92 Å². The lowest BCUT2D eigenvalue weighted by atomic mass is 9.82. The number of fused-ring (bicyclic) bond motifs is 1. The highest BCUT2D eigenvalue weighted by Crippen LogP contribution is 2.39. The molecular formula is C27H29ClO7. The minimum atomic E-state index is -0.480. The minimum Gasteiger partial charge on any atom is -0.492 e. The first-order chi connectivity index (χ1) is 16.7. The third-order valence-corrected chi connectivity index (χ3v) is 5.98. The Kier molecular flexibility index (Phi) is 7.38. The average molecular weight is 501 g/mol. The summed E-state index contributed by atoms with van der Waals surface area (Å²) in [6, 6.07) is 11.8. The number of hydrogen-bond donors (Lipinski definition) is 0. The van der Waals surface area contributed by atoms with Gasteiger partial charge in [0, 0.05) is 6.07 Å². The summed E-state index contributed by atoms with van der Waals surface area (Å²) >= 11 is 6.25. The molecule has 1 heterocycles. The van der Waals surface area contributed by atoms with E-state index in [1.807, 2.05) is 20.8 Å². The molecule has 0 saturated heterocycles. The summed E-state index contributed by atoms with van der Waals surface area (Å²) in [5.74, 6) is 0.988. The minimum absolute atomic E-state index is 0.0148. The second-order valence-electron chi connectivity index (χ2n) is 9.47. The van der Waals surface area contributed by atoms with E-state index in [4.69, 9.17) is 35.0 Å². The molecule has 0 aliphatic heterocycles. The largest absolute Gasteiger partial charge is 0.492 e. The van der Waals surface area contributed by atoms with Crippen LogP contribution in [0.25, 0.3) is 22.3 Å². The highest BCUT2D eigenvalue weighted by atomic mass is 35.5. The first-order valence-corrected chi connectivity index (χ1v) is 11.9. The van der Waals surface area contributed by atoms with Crippen molar-refractivity contribution in [3.63, 3.8) is 0 Å². The molecule has 4 rings (SSSR count). The number of hydrogen-bond acceptors (Lipinski definition) is 7. The van der Waals surface area contributed by atoms with Gasteiger partial charge in [0.2, 0.25) is 0 Å². The molecule has 8 heteroatoms. The fourth-order valence-corrected chi connectivity index (χ4v) is 4.17. The first kappa shape index (κ1) is 25.1. The molecule has 1 aliphatic rings. The van der Waals surface area contributed by atoms with E-state index in [0.29, 0.717) is 64.9 Å². The molecule has 0 bridgehead atoms. The van der Waals surface area contributed by atoms with Crippen LogP contribution in [0.5, 0.6) is 11.5 Å². The number of benzene rings is 2. The van der Waals surface area contributed by atoms with Gasteiger partial charge in [-0.15, -0.1) is 0 Å². The van der Waals surface area contributed by atoms with Crippen LogP contribution in [0.15, 0.2) is 51.7 Å². The molecule has 2 aromatic carbocycles. The number of ether oxygens (including phenoxy) is 4. The average Bonchev–Trinajstić information content (AvgIpc) is 2.76. The summed E-state index contributed by atoms with van der Waals surface area (Å²) in [7, 11) is 1.53. The second kappa shape index (κ2) is 10.3. The normalized spacial score (nSPS) is 17.6. The topological polar surface area (TPSA) is 84.2 Å². The van der Waals surface area contributed by atoms with Gasteiger partial charge >= 0.3 is 5.97 Å². The van der Waals surface area contributed by atoms with Gasteiger partial charge in [-0.3, -0.25) is 9.59 Å². The predicted octanol–water partition coefficient (Wildman–Crippen LogP) is 5.64. The smallest absolute Gasteiger partial charge is 0.309 e. The van der Waals surface area contributed by atoms with Crippen LogP contribution < -0.4 is 14.9 Å². The third-order valence-electron chi connectivity index (χ3n) is 5.68. The molecule has 1 aliphatic carbocycles. The molecular weight excluding hydrogens is 472 g/mol. The van der Waals surface area contributed by atoms with Crippen LogP contribution in [0.4, 0.5) is 0 Å². The van der Waals surface area contributed by atoms with E-state index in [1.165, 1.54) is 13.2 Å². The third kappa shape index (κ3) is 5.80. The number of esters is 1. The molecule has 0 N–H and O–H groups in total. The van der Waals surface area contributed by atoms with Gasteiger partial charge in [-0.1, -0.05) is 23.7 Å². The molecule has 0 amide bonds. The quantitative estimate of drug-likeness (QED) is 0.292. The van der Waals surface area contributed by atoms with Crippen LogP contribution in [0.3, 0.4) is 0 Å². The van der Waals surface area contributed by atoms with E-state index in [1.54, 1.807) is 36.4 Å². The summed E-state index contributed by atoms with van der Waals surface area (Å²) in [6.07, 6.45) is 1.31. The van der Waals surface area contributed by atoms with E-state index >= 15 is 0 Å². The van der Waals surface area contributed by atoms with Crippen LogP contribution >= 0.6 is 11.6 Å². The van der Waals surface area contributed by atoms with E-state index in [9.17, 15) is 9.59 Å². The summed E-state index contributed by atoms with van der Waals surface area (Å²) < 4.78 is 28.7.